The fraction of sp³-hybridized carbons (Fsp3) is 0.750. The van der Waals surface area contributed by atoms with Crippen molar-refractivity contribution in [3.05, 3.63) is 10.6 Å². The second-order valence-electron chi connectivity index (χ2n) is 6.95. The second kappa shape index (κ2) is 4.83. The molecule has 0 spiro atoms. The highest BCUT2D eigenvalue weighted by atomic mass is 32.1. The van der Waals surface area contributed by atoms with Crippen molar-refractivity contribution in [2.45, 2.75) is 44.4 Å². The van der Waals surface area contributed by atoms with Gasteiger partial charge >= 0.3 is 0 Å². The van der Waals surface area contributed by atoms with Crippen LogP contribution in [-0.2, 0) is 0 Å². The van der Waals surface area contributed by atoms with Gasteiger partial charge < -0.3 is 4.90 Å². The molecule has 1 aromatic rings. The minimum absolute atomic E-state index is 0.566. The molecule has 0 aromatic carbocycles. The van der Waals surface area contributed by atoms with E-state index in [1.807, 2.05) is 0 Å². The van der Waals surface area contributed by atoms with Crippen LogP contribution in [0.2, 0.25) is 0 Å². The molecule has 0 radical (unpaired) electrons. The summed E-state index contributed by atoms with van der Waals surface area (Å²) in [6, 6.07) is 0. The van der Waals surface area contributed by atoms with Gasteiger partial charge in [0, 0.05) is 19.5 Å². The van der Waals surface area contributed by atoms with E-state index in [9.17, 15) is 4.79 Å². The summed E-state index contributed by atoms with van der Waals surface area (Å²) in [5, 5.41) is 1.05. The number of aldehydes is 1. The molecule has 3 nitrogen and oxygen atoms in total. The average Bonchev–Trinajstić information content (AvgIpc) is 2.89. The van der Waals surface area contributed by atoms with Crippen LogP contribution in [0.25, 0.3) is 0 Å². The lowest BCUT2D eigenvalue weighted by molar-refractivity contribution is 0.112. The number of carbonyl (C=O) groups is 1. The van der Waals surface area contributed by atoms with Crippen LogP contribution >= 0.6 is 11.3 Å². The highest BCUT2D eigenvalue weighted by Gasteiger charge is 2.40. The third-order valence-corrected chi connectivity index (χ3v) is 6.57. The van der Waals surface area contributed by atoms with E-state index in [2.05, 4.69) is 11.9 Å². The number of anilines is 1. The van der Waals surface area contributed by atoms with Crippen molar-refractivity contribution in [3.63, 3.8) is 0 Å². The molecule has 3 saturated carbocycles. The van der Waals surface area contributed by atoms with Gasteiger partial charge in [0.15, 0.2) is 11.4 Å². The van der Waals surface area contributed by atoms with Crippen molar-refractivity contribution in [1.29, 1.82) is 0 Å². The van der Waals surface area contributed by atoms with Gasteiger partial charge in [-0.3, -0.25) is 4.79 Å². The van der Waals surface area contributed by atoms with E-state index in [4.69, 9.17) is 4.98 Å². The summed E-state index contributed by atoms with van der Waals surface area (Å²) >= 11 is 1.59. The van der Waals surface area contributed by atoms with Crippen molar-refractivity contribution >= 4 is 22.8 Å². The number of nitrogens with zero attached hydrogens (tertiary/aromatic N) is 2. The molecule has 1 aromatic heterocycles. The predicted molar refractivity (Wildman–Crippen MR) is 81.7 cm³/mol. The van der Waals surface area contributed by atoms with E-state index in [0.717, 1.165) is 46.3 Å². The number of thiazole rings is 1. The lowest BCUT2D eigenvalue weighted by atomic mass is 9.88. The molecule has 3 aliphatic carbocycles. The zero-order valence-electron chi connectivity index (χ0n) is 12.0. The standard InChI is InChI=1S/C16H22N2OS/c1-18(8-13-7-10-2-3-12(13)6-10)16-17-15(11-4-5-11)14(9-19)20-16/h9-13H,2-8H2,1H3. The summed E-state index contributed by atoms with van der Waals surface area (Å²) in [6.45, 7) is 1.12. The van der Waals surface area contributed by atoms with Gasteiger partial charge in [0.05, 0.1) is 10.6 Å². The molecule has 0 amide bonds. The quantitative estimate of drug-likeness (QED) is 0.775. The Bertz CT molecular complexity index is 523. The van der Waals surface area contributed by atoms with E-state index in [1.165, 1.54) is 38.5 Å². The monoisotopic (exact) mass is 290 g/mol. The molecule has 4 rings (SSSR count). The smallest absolute Gasteiger partial charge is 0.185 e. The first-order valence-corrected chi connectivity index (χ1v) is 8.73. The Kier molecular flexibility index (Phi) is 3.09. The summed E-state index contributed by atoms with van der Waals surface area (Å²) in [5.74, 6) is 3.38. The maximum absolute atomic E-state index is 11.2. The summed E-state index contributed by atoms with van der Waals surface area (Å²) in [7, 11) is 2.15. The molecular weight excluding hydrogens is 268 g/mol. The molecule has 3 atom stereocenters. The van der Waals surface area contributed by atoms with Crippen LogP contribution in [0.1, 0.15) is 59.8 Å². The number of aromatic nitrogens is 1. The minimum Gasteiger partial charge on any atom is -0.351 e. The number of carbonyl (C=O) groups excluding carboxylic acids is 1. The molecule has 1 heterocycles. The maximum Gasteiger partial charge on any atom is 0.185 e. The Balaban J connectivity index is 1.47. The second-order valence-corrected chi connectivity index (χ2v) is 7.96. The summed E-state index contributed by atoms with van der Waals surface area (Å²) in [6.07, 6.45) is 9.19. The normalized spacial score (nSPS) is 31.8. The molecule has 0 N–H and O–H groups in total. The van der Waals surface area contributed by atoms with E-state index in [-0.39, 0.29) is 0 Å². The molecule has 3 fully saturated rings. The Labute approximate surface area is 124 Å². The lowest BCUT2D eigenvalue weighted by Crippen LogP contribution is -2.28. The number of fused-ring (bicyclic) bond motifs is 2. The lowest BCUT2D eigenvalue weighted by Gasteiger charge is -2.26. The molecule has 4 heteroatoms. The van der Waals surface area contributed by atoms with E-state index >= 15 is 0 Å². The van der Waals surface area contributed by atoms with Gasteiger partial charge in [-0.15, -0.1) is 0 Å². The SMILES string of the molecule is CN(CC1CC2CCC1C2)c1nc(C2CC2)c(C=O)s1. The topological polar surface area (TPSA) is 33.2 Å². The molecule has 2 bridgehead atoms. The van der Waals surface area contributed by atoms with Crippen molar-refractivity contribution in [2.75, 3.05) is 18.5 Å². The zero-order valence-corrected chi connectivity index (χ0v) is 12.9. The third-order valence-electron chi connectivity index (χ3n) is 5.46. The van der Waals surface area contributed by atoms with E-state index in [0.29, 0.717) is 5.92 Å². The third kappa shape index (κ3) is 2.18. The predicted octanol–water partition coefficient (Wildman–Crippen LogP) is 3.71. The first-order valence-electron chi connectivity index (χ1n) is 7.91. The first-order chi connectivity index (χ1) is 9.74. The van der Waals surface area contributed by atoms with Crippen LogP contribution in [0.4, 0.5) is 5.13 Å². The number of hydrogen-bond donors (Lipinski definition) is 0. The Hall–Kier alpha value is -0.900. The molecule has 20 heavy (non-hydrogen) atoms. The van der Waals surface area contributed by atoms with Crippen LogP contribution in [0.15, 0.2) is 0 Å². The van der Waals surface area contributed by atoms with Gasteiger partial charge in [-0.1, -0.05) is 17.8 Å². The summed E-state index contributed by atoms with van der Waals surface area (Å²) < 4.78 is 0. The van der Waals surface area contributed by atoms with E-state index in [1.54, 1.807) is 11.3 Å². The summed E-state index contributed by atoms with van der Waals surface area (Å²) in [5.41, 5.74) is 1.07. The highest BCUT2D eigenvalue weighted by molar-refractivity contribution is 7.17. The minimum atomic E-state index is 0.566. The van der Waals surface area contributed by atoms with Crippen molar-refractivity contribution in [1.82, 2.24) is 4.98 Å². The fourth-order valence-corrected chi connectivity index (χ4v) is 5.19. The molecule has 3 unspecified atom stereocenters. The van der Waals surface area contributed by atoms with Gasteiger partial charge in [-0.05, 0) is 49.9 Å². The van der Waals surface area contributed by atoms with Crippen molar-refractivity contribution < 1.29 is 4.79 Å². The maximum atomic E-state index is 11.2. The Morgan fingerprint density at radius 1 is 1.30 bits per heavy atom. The average molecular weight is 290 g/mol. The van der Waals surface area contributed by atoms with Crippen molar-refractivity contribution in [2.24, 2.45) is 17.8 Å². The molecular formula is C16H22N2OS. The molecule has 0 aliphatic heterocycles. The Morgan fingerprint density at radius 2 is 2.15 bits per heavy atom. The van der Waals surface area contributed by atoms with Crippen LogP contribution in [-0.4, -0.2) is 24.9 Å². The fourth-order valence-electron chi connectivity index (χ4n) is 4.26. The van der Waals surface area contributed by atoms with Gasteiger partial charge in [-0.25, -0.2) is 4.98 Å². The molecule has 0 saturated heterocycles. The van der Waals surface area contributed by atoms with Gasteiger partial charge in [-0.2, -0.15) is 0 Å². The first kappa shape index (κ1) is 12.8. The number of rotatable bonds is 5. The van der Waals surface area contributed by atoms with Gasteiger partial charge in [0.1, 0.15) is 0 Å². The largest absolute Gasteiger partial charge is 0.351 e. The Morgan fingerprint density at radius 3 is 2.75 bits per heavy atom. The summed E-state index contributed by atoms with van der Waals surface area (Å²) in [4.78, 5) is 19.1. The van der Waals surface area contributed by atoms with Crippen LogP contribution < -0.4 is 4.90 Å². The van der Waals surface area contributed by atoms with E-state index < -0.39 is 0 Å². The zero-order chi connectivity index (χ0) is 13.7. The van der Waals surface area contributed by atoms with Gasteiger partial charge in [0.25, 0.3) is 0 Å². The van der Waals surface area contributed by atoms with Crippen LogP contribution in [0.5, 0.6) is 0 Å². The van der Waals surface area contributed by atoms with Crippen LogP contribution in [0, 0.1) is 17.8 Å². The highest BCUT2D eigenvalue weighted by Crippen LogP contribution is 2.49. The molecule has 108 valence electrons. The number of hydrogen-bond acceptors (Lipinski definition) is 4. The van der Waals surface area contributed by atoms with Gasteiger partial charge in [0.2, 0.25) is 0 Å². The molecule has 3 aliphatic rings. The van der Waals surface area contributed by atoms with Crippen LogP contribution in [0.3, 0.4) is 0 Å². The van der Waals surface area contributed by atoms with Crippen molar-refractivity contribution in [3.8, 4) is 0 Å².